The molecular formula is C17H17BrNOPS. The molecule has 1 aromatic heterocycles. The fraction of sp³-hybridized carbons (Fsp3) is 0.235. The number of halogens is 1. The maximum absolute atomic E-state index is 12.3. The lowest BCUT2D eigenvalue weighted by atomic mass is 10.1. The van der Waals surface area contributed by atoms with Crippen LogP contribution in [0.4, 0.5) is 5.69 Å². The van der Waals surface area contributed by atoms with Gasteiger partial charge in [0.15, 0.2) is 0 Å². The summed E-state index contributed by atoms with van der Waals surface area (Å²) in [6.07, 6.45) is 4.35. The number of thiophene rings is 1. The molecule has 2 heterocycles. The van der Waals surface area contributed by atoms with Crippen LogP contribution in [-0.4, -0.2) is 18.2 Å². The molecule has 0 saturated heterocycles. The van der Waals surface area contributed by atoms with Crippen LogP contribution in [0.2, 0.25) is 0 Å². The van der Waals surface area contributed by atoms with Gasteiger partial charge in [-0.2, -0.15) is 0 Å². The average molecular weight is 394 g/mol. The SMILES string of the molecule is CCP(CC)c1ccc2c(c1)/C(=C/c1cc(Br)cs1)C(=O)N2. The van der Waals surface area contributed by atoms with Gasteiger partial charge in [-0.1, -0.05) is 27.8 Å². The maximum atomic E-state index is 12.3. The highest BCUT2D eigenvalue weighted by molar-refractivity contribution is 9.10. The Morgan fingerprint density at radius 2 is 2.05 bits per heavy atom. The molecule has 1 amide bonds. The molecule has 1 aliphatic rings. The number of hydrogen-bond donors (Lipinski definition) is 1. The Balaban J connectivity index is 2.04. The molecule has 0 atom stereocenters. The van der Waals surface area contributed by atoms with Gasteiger partial charge in [0.2, 0.25) is 0 Å². The van der Waals surface area contributed by atoms with Crippen molar-refractivity contribution in [2.24, 2.45) is 0 Å². The highest BCUT2D eigenvalue weighted by Crippen LogP contribution is 2.38. The molecule has 1 aromatic carbocycles. The van der Waals surface area contributed by atoms with Crippen molar-refractivity contribution in [1.82, 2.24) is 0 Å². The van der Waals surface area contributed by atoms with Crippen molar-refractivity contribution in [2.75, 3.05) is 17.6 Å². The topological polar surface area (TPSA) is 29.1 Å². The van der Waals surface area contributed by atoms with Crippen LogP contribution in [0.25, 0.3) is 11.6 Å². The Morgan fingerprint density at radius 1 is 1.27 bits per heavy atom. The number of carbonyl (C=O) groups excluding carboxylic acids is 1. The number of benzene rings is 1. The van der Waals surface area contributed by atoms with Crippen molar-refractivity contribution >= 4 is 63.7 Å². The number of hydrogen-bond acceptors (Lipinski definition) is 2. The quantitative estimate of drug-likeness (QED) is 0.564. The van der Waals surface area contributed by atoms with Crippen LogP contribution in [0.1, 0.15) is 24.3 Å². The number of nitrogens with one attached hydrogen (secondary N) is 1. The van der Waals surface area contributed by atoms with Gasteiger partial charge < -0.3 is 5.32 Å². The second kappa shape index (κ2) is 6.66. The van der Waals surface area contributed by atoms with Crippen molar-refractivity contribution in [3.8, 4) is 0 Å². The molecule has 114 valence electrons. The first kappa shape index (κ1) is 15.9. The Hall–Kier alpha value is -0.960. The summed E-state index contributed by atoms with van der Waals surface area (Å²) in [7, 11) is -0.118. The molecule has 0 aliphatic carbocycles. The van der Waals surface area contributed by atoms with Crippen molar-refractivity contribution < 1.29 is 4.79 Å². The van der Waals surface area contributed by atoms with E-state index in [0.717, 1.165) is 26.2 Å². The van der Waals surface area contributed by atoms with Crippen LogP contribution < -0.4 is 10.6 Å². The Labute approximate surface area is 144 Å². The number of anilines is 1. The standard InChI is InChI=1S/C17H17BrNOPS/c1-3-21(4-2)12-5-6-16-14(8-12)15(17(20)19-16)9-13-7-11(18)10-22-13/h5-10H,3-4H2,1-2H3,(H,19,20)/b15-9-. The van der Waals surface area contributed by atoms with Gasteiger partial charge in [0.05, 0.1) is 5.57 Å². The van der Waals surface area contributed by atoms with Crippen molar-refractivity contribution in [1.29, 1.82) is 0 Å². The summed E-state index contributed by atoms with van der Waals surface area (Å²) < 4.78 is 1.05. The van der Waals surface area contributed by atoms with Gasteiger partial charge in [-0.3, -0.25) is 4.79 Å². The van der Waals surface area contributed by atoms with Crippen molar-refractivity contribution in [3.05, 3.63) is 44.6 Å². The first-order valence-corrected chi connectivity index (χ1v) is 10.7. The van der Waals surface area contributed by atoms with Crippen LogP contribution in [0.5, 0.6) is 0 Å². The molecule has 5 heteroatoms. The third kappa shape index (κ3) is 3.05. The van der Waals surface area contributed by atoms with E-state index in [9.17, 15) is 4.79 Å². The van der Waals surface area contributed by atoms with E-state index >= 15 is 0 Å². The molecule has 2 aromatic rings. The molecule has 0 bridgehead atoms. The summed E-state index contributed by atoms with van der Waals surface area (Å²) in [5, 5.41) is 6.38. The van der Waals surface area contributed by atoms with Gasteiger partial charge in [0, 0.05) is 26.0 Å². The molecule has 0 radical (unpaired) electrons. The highest BCUT2D eigenvalue weighted by Gasteiger charge is 2.25. The Bertz CT molecular complexity index is 749. The lowest BCUT2D eigenvalue weighted by Gasteiger charge is -2.14. The molecule has 3 rings (SSSR count). The summed E-state index contributed by atoms with van der Waals surface area (Å²) in [6.45, 7) is 4.48. The van der Waals surface area contributed by atoms with Crippen LogP contribution >= 0.6 is 35.2 Å². The van der Waals surface area contributed by atoms with E-state index in [0.29, 0.717) is 0 Å². The summed E-state index contributed by atoms with van der Waals surface area (Å²) in [5.74, 6) is -0.00556. The molecule has 0 unspecified atom stereocenters. The first-order chi connectivity index (χ1) is 10.6. The predicted molar refractivity (Wildman–Crippen MR) is 103 cm³/mol. The summed E-state index contributed by atoms with van der Waals surface area (Å²) in [5.41, 5.74) is 2.74. The van der Waals surface area contributed by atoms with Gasteiger partial charge >= 0.3 is 0 Å². The maximum Gasteiger partial charge on any atom is 0.256 e. The van der Waals surface area contributed by atoms with Crippen LogP contribution in [0, 0.1) is 0 Å². The minimum atomic E-state index is -0.118. The minimum absolute atomic E-state index is 0.00556. The van der Waals surface area contributed by atoms with Gasteiger partial charge in [-0.15, -0.1) is 11.3 Å². The third-order valence-corrected chi connectivity index (χ3v) is 7.96. The fourth-order valence-electron chi connectivity index (χ4n) is 2.65. The lowest BCUT2D eigenvalue weighted by molar-refractivity contribution is -0.110. The second-order valence-corrected chi connectivity index (χ2v) is 9.80. The number of carbonyl (C=O) groups is 1. The zero-order valence-electron chi connectivity index (χ0n) is 12.5. The monoisotopic (exact) mass is 393 g/mol. The van der Waals surface area contributed by atoms with Gasteiger partial charge in [-0.25, -0.2) is 0 Å². The average Bonchev–Trinajstić information content (AvgIpc) is 3.05. The summed E-state index contributed by atoms with van der Waals surface area (Å²) >= 11 is 5.09. The van der Waals surface area contributed by atoms with E-state index in [1.807, 2.05) is 23.6 Å². The van der Waals surface area contributed by atoms with E-state index in [1.165, 1.54) is 17.6 Å². The smallest absolute Gasteiger partial charge is 0.256 e. The highest BCUT2D eigenvalue weighted by atomic mass is 79.9. The van der Waals surface area contributed by atoms with Crippen molar-refractivity contribution in [3.63, 3.8) is 0 Å². The summed E-state index contributed by atoms with van der Waals surface area (Å²) in [4.78, 5) is 13.4. The zero-order valence-corrected chi connectivity index (χ0v) is 15.8. The summed E-state index contributed by atoms with van der Waals surface area (Å²) in [6, 6.07) is 8.47. The molecule has 2 nitrogen and oxygen atoms in total. The van der Waals surface area contributed by atoms with Crippen LogP contribution in [0.15, 0.2) is 34.1 Å². The molecule has 22 heavy (non-hydrogen) atoms. The van der Waals surface area contributed by atoms with E-state index < -0.39 is 0 Å². The fourth-order valence-corrected chi connectivity index (χ4v) is 5.80. The molecule has 0 saturated carbocycles. The van der Waals surface area contributed by atoms with E-state index in [1.54, 1.807) is 11.3 Å². The second-order valence-electron chi connectivity index (χ2n) is 5.08. The zero-order chi connectivity index (χ0) is 15.7. The molecule has 1 aliphatic heterocycles. The Kier molecular flexibility index (Phi) is 4.82. The van der Waals surface area contributed by atoms with Gasteiger partial charge in [0.1, 0.15) is 0 Å². The number of rotatable bonds is 4. The largest absolute Gasteiger partial charge is 0.321 e. The third-order valence-electron chi connectivity index (χ3n) is 3.79. The number of fused-ring (bicyclic) bond motifs is 1. The van der Waals surface area contributed by atoms with Crippen LogP contribution in [0.3, 0.4) is 0 Å². The lowest BCUT2D eigenvalue weighted by Crippen LogP contribution is -2.04. The van der Waals surface area contributed by atoms with E-state index in [4.69, 9.17) is 0 Å². The molecule has 0 spiro atoms. The van der Waals surface area contributed by atoms with Crippen LogP contribution in [-0.2, 0) is 4.79 Å². The molecule has 1 N–H and O–H groups in total. The van der Waals surface area contributed by atoms with Gasteiger partial charge in [0.25, 0.3) is 5.91 Å². The molecule has 0 fully saturated rings. The van der Waals surface area contributed by atoms with Crippen molar-refractivity contribution in [2.45, 2.75) is 13.8 Å². The van der Waals surface area contributed by atoms with E-state index in [2.05, 4.69) is 47.2 Å². The minimum Gasteiger partial charge on any atom is -0.321 e. The normalized spacial score (nSPS) is 15.5. The first-order valence-electron chi connectivity index (χ1n) is 7.28. The molecular weight excluding hydrogens is 377 g/mol. The number of amides is 1. The predicted octanol–water partition coefficient (Wildman–Crippen LogP) is 5.15. The van der Waals surface area contributed by atoms with E-state index in [-0.39, 0.29) is 13.8 Å². The van der Waals surface area contributed by atoms with Gasteiger partial charge in [-0.05, 0) is 57.8 Å². The Morgan fingerprint density at radius 3 is 2.68 bits per heavy atom.